The quantitative estimate of drug-likeness (QED) is 0.251. The zero-order valence-electron chi connectivity index (χ0n) is 20.9. The number of aromatic amines is 1. The number of rotatable bonds is 10. The van der Waals surface area contributed by atoms with Crippen LogP contribution >= 0.6 is 15.9 Å². The third kappa shape index (κ3) is 5.06. The Bertz CT molecular complexity index is 1530. The van der Waals surface area contributed by atoms with Gasteiger partial charge in [-0.3, -0.25) is 14.1 Å². The monoisotopic (exact) mass is 560 g/mol. The number of nitrogens with zero attached hydrogens (tertiary/aromatic N) is 7. The summed E-state index contributed by atoms with van der Waals surface area (Å²) in [5.74, 6) is 1.40. The molecular weight excluding hydrogens is 532 g/mol. The van der Waals surface area contributed by atoms with Gasteiger partial charge in [0.25, 0.3) is 0 Å². The number of imidazole rings is 1. The van der Waals surface area contributed by atoms with Crippen molar-refractivity contribution in [2.24, 2.45) is 0 Å². The number of aryl methyl sites for hydroxylation is 2. The molecule has 0 aliphatic carbocycles. The lowest BCUT2D eigenvalue weighted by atomic mass is 10.0. The third-order valence-corrected chi connectivity index (χ3v) is 7.02. The standard InChI is InChI=1S/C27H29BrN8O/c1-3-5-8-21-18-36(26-24(28)13-15-34(26)14-4-2)27(37)35(21)17-20-12-11-19(16-29-20)22-9-6-7-10-23(22)25-30-32-33-31-25/h6-7,9-13,15-16,18H,3-5,8,14,17H2,1-2H3,(H,30,31,32,33). The molecule has 1 N–H and O–H groups in total. The number of hydrogen-bond donors (Lipinski definition) is 1. The molecule has 10 heteroatoms. The minimum atomic E-state index is -0.0591. The average Bonchev–Trinajstić information content (AvgIpc) is 3.65. The summed E-state index contributed by atoms with van der Waals surface area (Å²) in [6, 6.07) is 13.9. The predicted octanol–water partition coefficient (Wildman–Crippen LogP) is 5.25. The number of benzene rings is 1. The fourth-order valence-electron chi connectivity index (χ4n) is 4.56. The van der Waals surface area contributed by atoms with Crippen LogP contribution < -0.4 is 5.69 Å². The molecule has 190 valence electrons. The van der Waals surface area contributed by atoms with Gasteiger partial charge in [0.05, 0.1) is 16.7 Å². The number of aromatic nitrogens is 8. The summed E-state index contributed by atoms with van der Waals surface area (Å²) in [5.41, 5.74) is 4.56. The number of pyridine rings is 1. The molecule has 0 atom stereocenters. The highest BCUT2D eigenvalue weighted by Gasteiger charge is 2.18. The highest BCUT2D eigenvalue weighted by Crippen LogP contribution is 2.29. The van der Waals surface area contributed by atoms with E-state index in [0.717, 1.165) is 70.6 Å². The van der Waals surface area contributed by atoms with Gasteiger partial charge in [-0.25, -0.2) is 4.79 Å². The highest BCUT2D eigenvalue weighted by atomic mass is 79.9. The molecule has 9 nitrogen and oxygen atoms in total. The summed E-state index contributed by atoms with van der Waals surface area (Å²) in [6.45, 7) is 5.55. The molecule has 1 aromatic carbocycles. The number of halogens is 1. The fraction of sp³-hybridized carbons (Fsp3) is 0.296. The van der Waals surface area contributed by atoms with Crippen molar-refractivity contribution >= 4 is 15.9 Å². The van der Waals surface area contributed by atoms with Gasteiger partial charge in [0.2, 0.25) is 5.82 Å². The van der Waals surface area contributed by atoms with Crippen molar-refractivity contribution in [1.82, 2.24) is 39.3 Å². The summed E-state index contributed by atoms with van der Waals surface area (Å²) in [5, 5.41) is 14.4. The van der Waals surface area contributed by atoms with Gasteiger partial charge in [-0.05, 0) is 58.1 Å². The Morgan fingerprint density at radius 3 is 2.57 bits per heavy atom. The first-order valence-electron chi connectivity index (χ1n) is 12.5. The van der Waals surface area contributed by atoms with Crippen molar-refractivity contribution in [3.63, 3.8) is 0 Å². The van der Waals surface area contributed by atoms with Crippen molar-refractivity contribution in [3.8, 4) is 28.3 Å². The van der Waals surface area contributed by atoms with E-state index in [9.17, 15) is 4.79 Å². The Morgan fingerprint density at radius 1 is 1.03 bits per heavy atom. The van der Waals surface area contributed by atoms with Gasteiger partial charge in [0, 0.05) is 42.0 Å². The maximum Gasteiger partial charge on any atom is 0.334 e. The van der Waals surface area contributed by atoms with Crippen LogP contribution in [-0.2, 0) is 19.5 Å². The molecule has 37 heavy (non-hydrogen) atoms. The van der Waals surface area contributed by atoms with Gasteiger partial charge in [0.15, 0.2) is 0 Å². The van der Waals surface area contributed by atoms with Gasteiger partial charge in [-0.1, -0.05) is 50.6 Å². The van der Waals surface area contributed by atoms with E-state index >= 15 is 0 Å². The Kier molecular flexibility index (Phi) is 7.45. The van der Waals surface area contributed by atoms with E-state index < -0.39 is 0 Å². The predicted molar refractivity (Wildman–Crippen MR) is 147 cm³/mol. The minimum absolute atomic E-state index is 0.0591. The third-order valence-electron chi connectivity index (χ3n) is 6.40. The van der Waals surface area contributed by atoms with Gasteiger partial charge in [0.1, 0.15) is 5.82 Å². The molecular formula is C27H29BrN8O. The molecule has 5 rings (SSSR count). The Balaban J connectivity index is 1.48. The Morgan fingerprint density at radius 2 is 1.86 bits per heavy atom. The summed E-state index contributed by atoms with van der Waals surface area (Å²) in [7, 11) is 0. The van der Waals surface area contributed by atoms with Crippen LogP contribution in [0.4, 0.5) is 0 Å². The van der Waals surface area contributed by atoms with Gasteiger partial charge >= 0.3 is 5.69 Å². The minimum Gasteiger partial charge on any atom is -0.333 e. The zero-order valence-corrected chi connectivity index (χ0v) is 22.5. The van der Waals surface area contributed by atoms with Gasteiger partial charge < -0.3 is 4.57 Å². The maximum absolute atomic E-state index is 13.7. The van der Waals surface area contributed by atoms with Gasteiger partial charge in [-0.15, -0.1) is 10.2 Å². The second-order valence-corrected chi connectivity index (χ2v) is 9.82. The molecule has 0 aliphatic heterocycles. The van der Waals surface area contributed by atoms with Gasteiger partial charge in [-0.2, -0.15) is 5.21 Å². The lowest BCUT2D eigenvalue weighted by Gasteiger charge is -2.10. The van der Waals surface area contributed by atoms with Crippen LogP contribution in [0.1, 0.15) is 44.5 Å². The molecule has 0 saturated carbocycles. The van der Waals surface area contributed by atoms with Crippen molar-refractivity contribution < 1.29 is 0 Å². The van der Waals surface area contributed by atoms with E-state index in [1.54, 1.807) is 4.57 Å². The lowest BCUT2D eigenvalue weighted by molar-refractivity contribution is 0.640. The molecule has 0 spiro atoms. The van der Waals surface area contributed by atoms with Crippen molar-refractivity contribution in [1.29, 1.82) is 0 Å². The first-order chi connectivity index (χ1) is 18.1. The lowest BCUT2D eigenvalue weighted by Crippen LogP contribution is -2.26. The largest absolute Gasteiger partial charge is 0.334 e. The number of H-pyrrole nitrogens is 1. The first-order valence-corrected chi connectivity index (χ1v) is 13.3. The van der Waals surface area contributed by atoms with Crippen LogP contribution in [0.15, 0.2) is 70.3 Å². The smallest absolute Gasteiger partial charge is 0.333 e. The maximum atomic E-state index is 13.7. The van der Waals surface area contributed by atoms with Crippen LogP contribution in [-0.4, -0.2) is 39.3 Å². The van der Waals surface area contributed by atoms with E-state index in [4.69, 9.17) is 4.98 Å². The SMILES string of the molecule is CCCCc1cn(-c2c(Br)ccn2CCC)c(=O)n1Cc1ccc(-c2ccccc2-c2nn[nH]n2)cn1. The van der Waals surface area contributed by atoms with E-state index in [2.05, 4.69) is 55.0 Å². The Hall–Kier alpha value is -3.79. The summed E-state index contributed by atoms with van der Waals surface area (Å²) in [4.78, 5) is 18.4. The first kappa shape index (κ1) is 24.9. The van der Waals surface area contributed by atoms with E-state index in [0.29, 0.717) is 12.4 Å². The van der Waals surface area contributed by atoms with Crippen molar-refractivity contribution in [2.75, 3.05) is 0 Å². The normalized spacial score (nSPS) is 11.3. The molecule has 4 heterocycles. The molecule has 0 amide bonds. The molecule has 0 radical (unpaired) electrons. The van der Waals surface area contributed by atoms with Crippen LogP contribution in [0.25, 0.3) is 28.3 Å². The molecule has 0 bridgehead atoms. The molecule has 0 aliphatic rings. The van der Waals surface area contributed by atoms with Crippen molar-refractivity contribution in [2.45, 2.75) is 52.6 Å². The number of hydrogen-bond acceptors (Lipinski definition) is 5. The zero-order chi connectivity index (χ0) is 25.8. The fourth-order valence-corrected chi connectivity index (χ4v) is 5.10. The van der Waals surface area contributed by atoms with Crippen LogP contribution in [0.2, 0.25) is 0 Å². The summed E-state index contributed by atoms with van der Waals surface area (Å²) >= 11 is 3.64. The Labute approximate surface area is 223 Å². The molecule has 0 unspecified atom stereocenters. The average molecular weight is 561 g/mol. The van der Waals surface area contributed by atoms with E-state index in [1.807, 2.05) is 65.6 Å². The summed E-state index contributed by atoms with van der Waals surface area (Å²) < 4.78 is 6.64. The molecule has 0 fully saturated rings. The van der Waals surface area contributed by atoms with Crippen LogP contribution in [0, 0.1) is 0 Å². The topological polar surface area (TPSA) is 99.2 Å². The molecule has 4 aromatic heterocycles. The molecule has 5 aromatic rings. The van der Waals surface area contributed by atoms with E-state index in [-0.39, 0.29) is 5.69 Å². The summed E-state index contributed by atoms with van der Waals surface area (Å²) in [6.07, 6.45) is 9.73. The van der Waals surface area contributed by atoms with Crippen LogP contribution in [0.3, 0.4) is 0 Å². The number of tetrazole rings is 1. The second kappa shape index (κ2) is 11.1. The second-order valence-electron chi connectivity index (χ2n) is 8.96. The number of unbranched alkanes of at least 4 members (excludes halogenated alkanes) is 1. The highest BCUT2D eigenvalue weighted by molar-refractivity contribution is 9.10. The van der Waals surface area contributed by atoms with E-state index in [1.165, 1.54) is 0 Å². The van der Waals surface area contributed by atoms with Crippen LogP contribution in [0.5, 0.6) is 0 Å². The number of nitrogens with one attached hydrogen (secondary N) is 1. The molecule has 0 saturated heterocycles. The van der Waals surface area contributed by atoms with Crippen molar-refractivity contribution in [3.05, 3.63) is 87.4 Å².